The number of para-hydroxylation sites is 2. The highest BCUT2D eigenvalue weighted by Gasteiger charge is 2.36. The predicted octanol–water partition coefficient (Wildman–Crippen LogP) is 7.35. The van der Waals surface area contributed by atoms with Crippen molar-refractivity contribution >= 4 is 29.5 Å². The fraction of sp³-hybridized carbons (Fsp3) is 0.333. The first-order chi connectivity index (χ1) is 20.2. The predicted molar refractivity (Wildman–Crippen MR) is 155 cm³/mol. The Labute approximate surface area is 255 Å². The summed E-state index contributed by atoms with van der Waals surface area (Å²) in [5, 5.41) is 2.38. The summed E-state index contributed by atoms with van der Waals surface area (Å²) in [5.74, 6) is 0.488. The first-order valence-electron chi connectivity index (χ1n) is 13.3. The lowest BCUT2D eigenvalue weighted by atomic mass is 10.0. The monoisotopic (exact) mass is 645 g/mol. The number of aromatic nitrogens is 2. The molecule has 4 aromatic rings. The van der Waals surface area contributed by atoms with E-state index in [2.05, 4.69) is 9.88 Å². The van der Waals surface area contributed by atoms with Crippen molar-refractivity contribution in [2.24, 2.45) is 0 Å². The zero-order chi connectivity index (χ0) is 31.4. The molecule has 0 spiro atoms. The molecule has 0 bridgehead atoms. The van der Waals surface area contributed by atoms with Crippen molar-refractivity contribution in [3.63, 3.8) is 0 Å². The van der Waals surface area contributed by atoms with Gasteiger partial charge >= 0.3 is 18.4 Å². The van der Waals surface area contributed by atoms with Crippen LogP contribution in [0.25, 0.3) is 11.0 Å². The zero-order valence-electron chi connectivity index (χ0n) is 23.8. The summed E-state index contributed by atoms with van der Waals surface area (Å²) in [6.45, 7) is 1.35. The molecule has 1 heterocycles. The number of carbonyl (C=O) groups excluding carboxylic acids is 1. The Kier molecular flexibility index (Phi) is 11.3. The van der Waals surface area contributed by atoms with Crippen LogP contribution < -0.4 is 5.32 Å². The minimum absolute atomic E-state index is 0. The third-order valence-electron chi connectivity index (χ3n) is 6.87. The van der Waals surface area contributed by atoms with E-state index >= 15 is 0 Å². The fourth-order valence-corrected chi connectivity index (χ4v) is 4.63. The van der Waals surface area contributed by atoms with Crippen LogP contribution in [0.4, 0.5) is 35.5 Å². The quantitative estimate of drug-likeness (QED) is 0.184. The second kappa shape index (κ2) is 14.3. The minimum Gasteiger partial charge on any atom is -0.334 e. The van der Waals surface area contributed by atoms with E-state index in [-0.39, 0.29) is 29.9 Å². The second-order valence-electron chi connectivity index (χ2n) is 10.3. The van der Waals surface area contributed by atoms with Crippen LogP contribution in [0.15, 0.2) is 66.7 Å². The number of amides is 2. The number of benzene rings is 3. The highest BCUT2D eigenvalue weighted by atomic mass is 35.5. The minimum atomic E-state index is -4.96. The molecule has 3 aromatic carbocycles. The molecule has 6 nitrogen and oxygen atoms in total. The molecule has 0 fully saturated rings. The summed E-state index contributed by atoms with van der Waals surface area (Å²) < 4.78 is 94.1. The lowest BCUT2D eigenvalue weighted by Gasteiger charge is -2.21. The van der Waals surface area contributed by atoms with E-state index in [9.17, 15) is 35.5 Å². The Balaban J connectivity index is 0.00000529. The SMILES string of the molecule is CN(CCCN(C)C(=O)NCc1cc(C(F)(F)F)cc(C(F)(F)F)c1)Cc1nc2ccccc2n1Cc1ccc(F)cc1.Cl. The maximum absolute atomic E-state index is 13.4. The van der Waals surface area contributed by atoms with Crippen molar-refractivity contribution in [2.75, 3.05) is 27.2 Å². The number of nitrogens with one attached hydrogen (secondary N) is 1. The number of alkyl halides is 6. The summed E-state index contributed by atoms with van der Waals surface area (Å²) in [7, 11) is 3.39. The first-order valence-corrected chi connectivity index (χ1v) is 13.3. The number of carbonyl (C=O) groups is 1. The number of nitrogens with zero attached hydrogens (tertiary/aromatic N) is 4. The Morgan fingerprint density at radius 2 is 1.48 bits per heavy atom. The van der Waals surface area contributed by atoms with Gasteiger partial charge in [0.25, 0.3) is 0 Å². The lowest BCUT2D eigenvalue weighted by Crippen LogP contribution is -2.38. The number of fused-ring (bicyclic) bond motifs is 1. The molecule has 2 amide bonds. The number of hydrogen-bond acceptors (Lipinski definition) is 3. The van der Waals surface area contributed by atoms with Gasteiger partial charge in [-0.25, -0.2) is 14.2 Å². The molecular weight excluding hydrogens is 615 g/mol. The molecule has 0 saturated carbocycles. The van der Waals surface area contributed by atoms with E-state index in [1.807, 2.05) is 36.2 Å². The van der Waals surface area contributed by atoms with Gasteiger partial charge in [0.2, 0.25) is 0 Å². The molecule has 0 aliphatic heterocycles. The maximum atomic E-state index is 13.4. The Morgan fingerprint density at radius 1 is 0.864 bits per heavy atom. The van der Waals surface area contributed by atoms with E-state index in [1.54, 1.807) is 12.1 Å². The highest BCUT2D eigenvalue weighted by molar-refractivity contribution is 5.85. The van der Waals surface area contributed by atoms with Gasteiger partial charge in [0, 0.05) is 26.7 Å². The maximum Gasteiger partial charge on any atom is 0.416 e. The Hall–Kier alpha value is -3.84. The van der Waals surface area contributed by atoms with Crippen LogP contribution in [0, 0.1) is 5.82 Å². The zero-order valence-corrected chi connectivity index (χ0v) is 24.7. The van der Waals surface area contributed by atoms with E-state index in [0.717, 1.165) is 22.4 Å². The second-order valence-corrected chi connectivity index (χ2v) is 10.3. The molecule has 0 saturated heterocycles. The van der Waals surface area contributed by atoms with Gasteiger partial charge in [0.05, 0.1) is 28.7 Å². The van der Waals surface area contributed by atoms with E-state index in [1.165, 1.54) is 24.1 Å². The molecule has 4 rings (SSSR count). The molecule has 44 heavy (non-hydrogen) atoms. The van der Waals surface area contributed by atoms with E-state index in [4.69, 9.17) is 4.98 Å². The van der Waals surface area contributed by atoms with Crippen LogP contribution in [0.1, 0.15) is 34.5 Å². The third kappa shape index (κ3) is 9.08. The molecule has 1 aromatic heterocycles. The number of imidazole rings is 1. The van der Waals surface area contributed by atoms with Crippen LogP contribution in [0.3, 0.4) is 0 Å². The molecule has 0 unspecified atom stereocenters. The molecule has 1 N–H and O–H groups in total. The van der Waals surface area contributed by atoms with Gasteiger partial charge in [0.15, 0.2) is 0 Å². The van der Waals surface area contributed by atoms with Gasteiger partial charge in [-0.2, -0.15) is 26.3 Å². The van der Waals surface area contributed by atoms with Crippen molar-refractivity contribution < 1.29 is 35.5 Å². The van der Waals surface area contributed by atoms with Crippen molar-refractivity contribution in [1.29, 1.82) is 0 Å². The van der Waals surface area contributed by atoms with Crippen LogP contribution in [0.5, 0.6) is 0 Å². The molecular formula is C30H31ClF7N5O. The average Bonchev–Trinajstić information content (AvgIpc) is 3.28. The topological polar surface area (TPSA) is 53.4 Å². The first kappa shape index (κ1) is 34.6. The highest BCUT2D eigenvalue weighted by Crippen LogP contribution is 2.36. The summed E-state index contributed by atoms with van der Waals surface area (Å²) in [5.41, 5.74) is -0.501. The van der Waals surface area contributed by atoms with E-state index < -0.39 is 36.1 Å². The molecule has 0 radical (unpaired) electrons. The van der Waals surface area contributed by atoms with Gasteiger partial charge in [-0.15, -0.1) is 12.4 Å². The van der Waals surface area contributed by atoms with E-state index in [0.29, 0.717) is 44.7 Å². The molecule has 238 valence electrons. The van der Waals surface area contributed by atoms with Crippen molar-refractivity contribution in [2.45, 2.75) is 38.4 Å². The molecule has 0 aliphatic carbocycles. The summed E-state index contributed by atoms with van der Waals surface area (Å²) in [6, 6.07) is 14.6. The van der Waals surface area contributed by atoms with Crippen molar-refractivity contribution in [3.8, 4) is 0 Å². The lowest BCUT2D eigenvalue weighted by molar-refractivity contribution is -0.143. The summed E-state index contributed by atoms with van der Waals surface area (Å²) >= 11 is 0. The number of halogens is 8. The molecule has 14 heteroatoms. The van der Waals surface area contributed by atoms with Gasteiger partial charge < -0.3 is 14.8 Å². The Morgan fingerprint density at radius 3 is 2.09 bits per heavy atom. The standard InChI is InChI=1S/C30H30F7N5O.ClH/c1-40(19-27-39-25-6-3-4-7-26(25)42(27)18-20-8-10-24(31)11-9-20)12-5-13-41(2)28(43)38-17-21-14-22(29(32,33)34)16-23(15-21)30(35,36)37;/h3-4,6-11,14-16H,5,12-13,17-19H2,1-2H3,(H,38,43);1H. The fourth-order valence-electron chi connectivity index (χ4n) is 4.63. The Bertz CT molecular complexity index is 1520. The van der Waals surface area contributed by atoms with Crippen LogP contribution in [-0.2, 0) is 32.0 Å². The number of rotatable bonds is 10. The van der Waals surface area contributed by atoms with Gasteiger partial charge in [-0.05, 0) is 73.6 Å². The van der Waals surface area contributed by atoms with Gasteiger partial charge in [0.1, 0.15) is 11.6 Å². The van der Waals surface area contributed by atoms with Gasteiger partial charge in [-0.1, -0.05) is 24.3 Å². The normalized spacial score (nSPS) is 12.0. The largest absolute Gasteiger partial charge is 0.416 e. The van der Waals surface area contributed by atoms with Crippen LogP contribution >= 0.6 is 12.4 Å². The van der Waals surface area contributed by atoms with Crippen LogP contribution in [0.2, 0.25) is 0 Å². The van der Waals surface area contributed by atoms with Crippen molar-refractivity contribution in [3.05, 3.63) is 101 Å². The summed E-state index contributed by atoms with van der Waals surface area (Å²) in [6.07, 6.45) is -9.39. The van der Waals surface area contributed by atoms with Gasteiger partial charge in [-0.3, -0.25) is 4.90 Å². The molecule has 0 atom stereocenters. The number of urea groups is 1. The smallest absolute Gasteiger partial charge is 0.334 e. The number of hydrogen-bond donors (Lipinski definition) is 1. The molecule has 0 aliphatic rings. The average molecular weight is 646 g/mol. The van der Waals surface area contributed by atoms with Crippen molar-refractivity contribution in [1.82, 2.24) is 24.7 Å². The third-order valence-corrected chi connectivity index (χ3v) is 6.87. The van der Waals surface area contributed by atoms with Crippen LogP contribution in [-0.4, -0.2) is 52.6 Å². The summed E-state index contributed by atoms with van der Waals surface area (Å²) in [4.78, 5) is 20.6.